The van der Waals surface area contributed by atoms with Gasteiger partial charge in [-0.05, 0) is 25.2 Å². The van der Waals surface area contributed by atoms with E-state index >= 15 is 0 Å². The van der Waals surface area contributed by atoms with E-state index in [0.717, 1.165) is 70.1 Å². The first kappa shape index (κ1) is 47.4. The highest BCUT2D eigenvalue weighted by Gasteiger charge is 2.19. The molecule has 0 bridgehead atoms. The molecule has 1 atom stereocenters. The lowest BCUT2D eigenvalue weighted by atomic mass is 10.0. The Bertz CT molecular complexity index is 736. The predicted octanol–water partition coefficient (Wildman–Crippen LogP) is 13.2. The lowest BCUT2D eigenvalue weighted by molar-refractivity contribution is -0.167. The molecule has 0 rings (SSSR count). The second-order valence-corrected chi connectivity index (χ2v) is 15.1. The topological polar surface area (TPSA) is 78.9 Å². The van der Waals surface area contributed by atoms with Crippen LogP contribution in [0.15, 0.2) is 0 Å². The zero-order valence-corrected chi connectivity index (χ0v) is 33.1. The van der Waals surface area contributed by atoms with Crippen LogP contribution in [0.5, 0.6) is 0 Å². The zero-order chi connectivity index (χ0) is 36.0. The van der Waals surface area contributed by atoms with Crippen molar-refractivity contribution >= 4 is 17.9 Å². The average Bonchev–Trinajstić information content (AvgIpc) is 3.08. The molecule has 0 unspecified atom stereocenters. The largest absolute Gasteiger partial charge is 0.462 e. The van der Waals surface area contributed by atoms with Crippen LogP contribution < -0.4 is 0 Å². The van der Waals surface area contributed by atoms with Crippen LogP contribution in [-0.2, 0) is 28.6 Å². The van der Waals surface area contributed by atoms with Crippen LogP contribution in [0.4, 0.5) is 0 Å². The molecule has 0 N–H and O–H groups in total. The number of carbonyl (C=O) groups is 3. The van der Waals surface area contributed by atoms with E-state index in [0.29, 0.717) is 19.3 Å². The number of rotatable bonds is 38. The first-order chi connectivity index (χ1) is 23.9. The summed E-state index contributed by atoms with van der Waals surface area (Å²) >= 11 is 0. The van der Waals surface area contributed by atoms with Gasteiger partial charge in [0.05, 0.1) is 0 Å². The van der Waals surface area contributed by atoms with Crippen LogP contribution in [0.1, 0.15) is 233 Å². The molecule has 0 saturated carbocycles. The fraction of sp³-hybridized carbons (Fsp3) is 0.930. The summed E-state index contributed by atoms with van der Waals surface area (Å²) in [5, 5.41) is 0. The molecule has 0 amide bonds. The normalized spacial score (nSPS) is 11.9. The molecule has 0 aliphatic heterocycles. The second kappa shape index (κ2) is 37.7. The van der Waals surface area contributed by atoms with Gasteiger partial charge in [0, 0.05) is 19.3 Å². The molecule has 0 radical (unpaired) electrons. The first-order valence-electron chi connectivity index (χ1n) is 21.4. The van der Waals surface area contributed by atoms with E-state index in [1.54, 1.807) is 0 Å². The number of hydrogen-bond acceptors (Lipinski definition) is 6. The Morgan fingerprint density at radius 2 is 0.673 bits per heavy atom. The molecule has 0 aliphatic carbocycles. The number of hydrogen-bond donors (Lipinski definition) is 0. The molecule has 0 aromatic rings. The number of esters is 3. The van der Waals surface area contributed by atoms with E-state index in [1.165, 1.54) is 122 Å². The van der Waals surface area contributed by atoms with Gasteiger partial charge in [0.15, 0.2) is 6.10 Å². The second-order valence-electron chi connectivity index (χ2n) is 15.1. The molecular formula is C43H82O6. The highest BCUT2D eigenvalue weighted by Crippen LogP contribution is 2.16. The van der Waals surface area contributed by atoms with E-state index in [2.05, 4.69) is 27.7 Å². The number of ether oxygens (including phenoxy) is 3. The molecule has 290 valence electrons. The number of unbranched alkanes of at least 4 members (excludes halogenated alkanes) is 25. The van der Waals surface area contributed by atoms with Crippen molar-refractivity contribution in [3.63, 3.8) is 0 Å². The van der Waals surface area contributed by atoms with E-state index in [9.17, 15) is 14.4 Å². The van der Waals surface area contributed by atoms with E-state index in [4.69, 9.17) is 14.2 Å². The van der Waals surface area contributed by atoms with Crippen molar-refractivity contribution in [1.82, 2.24) is 0 Å². The van der Waals surface area contributed by atoms with E-state index in [-0.39, 0.29) is 31.1 Å². The maximum atomic E-state index is 12.6. The summed E-state index contributed by atoms with van der Waals surface area (Å²) in [5.74, 6) is -0.0803. The van der Waals surface area contributed by atoms with Gasteiger partial charge >= 0.3 is 17.9 Å². The third-order valence-electron chi connectivity index (χ3n) is 9.54. The highest BCUT2D eigenvalue weighted by atomic mass is 16.6. The molecule has 0 aromatic heterocycles. The minimum atomic E-state index is -0.757. The van der Waals surface area contributed by atoms with Gasteiger partial charge in [0.2, 0.25) is 0 Å². The van der Waals surface area contributed by atoms with Gasteiger partial charge in [-0.2, -0.15) is 0 Å². The molecule has 0 saturated heterocycles. The quantitative estimate of drug-likeness (QED) is 0.0364. The summed E-state index contributed by atoms with van der Waals surface area (Å²) in [4.78, 5) is 37.3. The minimum absolute atomic E-state index is 0.0656. The van der Waals surface area contributed by atoms with Gasteiger partial charge in [-0.15, -0.1) is 0 Å². The molecule has 6 nitrogen and oxygen atoms in total. The Hall–Kier alpha value is -1.59. The van der Waals surface area contributed by atoms with Gasteiger partial charge in [-0.1, -0.05) is 195 Å². The van der Waals surface area contributed by atoms with E-state index in [1.807, 2.05) is 0 Å². The van der Waals surface area contributed by atoms with Gasteiger partial charge < -0.3 is 14.2 Å². The molecule has 0 fully saturated rings. The van der Waals surface area contributed by atoms with E-state index < -0.39 is 6.10 Å². The summed E-state index contributed by atoms with van der Waals surface area (Å²) < 4.78 is 16.6. The lowest BCUT2D eigenvalue weighted by Gasteiger charge is -2.18. The third kappa shape index (κ3) is 37.5. The smallest absolute Gasteiger partial charge is 0.306 e. The maximum Gasteiger partial charge on any atom is 0.306 e. The Labute approximate surface area is 304 Å². The number of carbonyl (C=O) groups excluding carboxylic acids is 3. The summed E-state index contributed by atoms with van der Waals surface area (Å²) in [5.41, 5.74) is 0. The monoisotopic (exact) mass is 695 g/mol. The fourth-order valence-electron chi connectivity index (χ4n) is 6.27. The minimum Gasteiger partial charge on any atom is -0.462 e. The Balaban J connectivity index is 4.19. The van der Waals surface area contributed by atoms with Gasteiger partial charge in [0.1, 0.15) is 13.2 Å². The summed E-state index contributed by atoms with van der Waals surface area (Å²) in [6.07, 6.45) is 35.5. The standard InChI is InChI=1S/C43H82O6/c1-5-7-9-11-12-13-14-15-16-17-18-19-23-27-31-35-42(45)48-38-40(37-47-41(44)34-30-25-10-8-6-2)49-43(46)36-32-28-24-21-20-22-26-29-33-39(3)4/h39-40H,5-38H2,1-4H3/t40-/m1/s1. The third-order valence-corrected chi connectivity index (χ3v) is 9.54. The van der Waals surface area contributed by atoms with Crippen molar-refractivity contribution < 1.29 is 28.6 Å². The maximum absolute atomic E-state index is 12.6. The van der Waals surface area contributed by atoms with Crippen molar-refractivity contribution in [1.29, 1.82) is 0 Å². The Morgan fingerprint density at radius 1 is 0.388 bits per heavy atom. The molecular weight excluding hydrogens is 612 g/mol. The lowest BCUT2D eigenvalue weighted by Crippen LogP contribution is -2.30. The average molecular weight is 695 g/mol. The van der Waals surface area contributed by atoms with Gasteiger partial charge in [0.25, 0.3) is 0 Å². The summed E-state index contributed by atoms with van der Waals surface area (Å²) in [6, 6.07) is 0. The SMILES string of the molecule is CCCCCCCCCCCCCCCCCC(=O)OC[C@@H](COC(=O)CCCCCCC)OC(=O)CCCCCCCCCCC(C)C. The van der Waals surface area contributed by atoms with Crippen LogP contribution in [0, 0.1) is 5.92 Å². The summed E-state index contributed by atoms with van der Waals surface area (Å²) in [6.45, 7) is 8.87. The first-order valence-corrected chi connectivity index (χ1v) is 21.4. The molecule has 0 spiro atoms. The highest BCUT2D eigenvalue weighted by molar-refractivity contribution is 5.71. The summed E-state index contributed by atoms with van der Waals surface area (Å²) in [7, 11) is 0. The van der Waals surface area contributed by atoms with Crippen LogP contribution in [0.3, 0.4) is 0 Å². The van der Waals surface area contributed by atoms with Crippen LogP contribution in [0.25, 0.3) is 0 Å². The van der Waals surface area contributed by atoms with Crippen molar-refractivity contribution in [2.45, 2.75) is 239 Å². The molecule has 0 heterocycles. The van der Waals surface area contributed by atoms with Gasteiger partial charge in [-0.25, -0.2) is 0 Å². The van der Waals surface area contributed by atoms with Crippen molar-refractivity contribution in [3.05, 3.63) is 0 Å². The molecule has 6 heteroatoms. The van der Waals surface area contributed by atoms with Crippen LogP contribution in [-0.4, -0.2) is 37.2 Å². The van der Waals surface area contributed by atoms with Crippen LogP contribution >= 0.6 is 0 Å². The Kier molecular flexibility index (Phi) is 36.4. The molecule has 49 heavy (non-hydrogen) atoms. The fourth-order valence-corrected chi connectivity index (χ4v) is 6.27. The zero-order valence-electron chi connectivity index (χ0n) is 33.1. The Morgan fingerprint density at radius 3 is 1.00 bits per heavy atom. The predicted molar refractivity (Wildman–Crippen MR) is 206 cm³/mol. The van der Waals surface area contributed by atoms with Crippen molar-refractivity contribution in [3.8, 4) is 0 Å². The van der Waals surface area contributed by atoms with Crippen molar-refractivity contribution in [2.75, 3.05) is 13.2 Å². The molecule has 0 aliphatic rings. The van der Waals surface area contributed by atoms with Crippen LogP contribution in [0.2, 0.25) is 0 Å². The van der Waals surface area contributed by atoms with Crippen molar-refractivity contribution in [2.24, 2.45) is 5.92 Å². The molecule has 0 aromatic carbocycles. The van der Waals surface area contributed by atoms with Gasteiger partial charge in [-0.3, -0.25) is 14.4 Å².